The van der Waals surface area contributed by atoms with Gasteiger partial charge in [0.15, 0.2) is 0 Å². The minimum Gasteiger partial charge on any atom is -0.495 e. The summed E-state index contributed by atoms with van der Waals surface area (Å²) in [6.07, 6.45) is 2.54. The van der Waals surface area contributed by atoms with Crippen LogP contribution in [0.5, 0.6) is 11.5 Å². The first-order valence-electron chi connectivity index (χ1n) is 9.26. The molecule has 0 radical (unpaired) electrons. The van der Waals surface area contributed by atoms with Gasteiger partial charge in [0.1, 0.15) is 17.1 Å². The first kappa shape index (κ1) is 20.7. The number of hydrogen-bond donors (Lipinski definition) is 1. The molecule has 1 aliphatic rings. The molecule has 0 bridgehead atoms. The fraction of sp³-hybridized carbons (Fsp3) is 0.350. The Morgan fingerprint density at radius 3 is 2.50 bits per heavy atom. The van der Waals surface area contributed by atoms with Crippen LogP contribution in [0.4, 0.5) is 5.95 Å². The Morgan fingerprint density at radius 1 is 1.20 bits per heavy atom. The average molecular weight is 451 g/mol. The monoisotopic (exact) mass is 450 g/mol. The number of nitrogens with one attached hydrogen (secondary N) is 1. The Labute approximate surface area is 182 Å². The lowest BCUT2D eigenvalue weighted by Gasteiger charge is -2.16. The smallest absolute Gasteiger partial charge is 0.259 e. The van der Waals surface area contributed by atoms with Gasteiger partial charge in [0, 0.05) is 36.9 Å². The number of anilines is 1. The highest BCUT2D eigenvalue weighted by Gasteiger charge is 2.23. The molecule has 0 aliphatic carbocycles. The van der Waals surface area contributed by atoms with E-state index in [0.717, 1.165) is 6.42 Å². The Hall–Kier alpha value is -2.55. The summed E-state index contributed by atoms with van der Waals surface area (Å²) in [5, 5.41) is 4.34. The highest BCUT2D eigenvalue weighted by Crippen LogP contribution is 2.45. The zero-order valence-electron chi connectivity index (χ0n) is 16.7. The zero-order chi connectivity index (χ0) is 21.4. The quantitative estimate of drug-likeness (QED) is 0.635. The second-order valence-corrected chi connectivity index (χ2v) is 7.64. The van der Waals surface area contributed by atoms with Gasteiger partial charge in [0.05, 0.1) is 42.5 Å². The molecule has 0 saturated carbocycles. The number of fused-ring (bicyclic) bond motifs is 1. The van der Waals surface area contributed by atoms with Crippen molar-refractivity contribution in [2.45, 2.75) is 12.5 Å². The molecule has 1 atom stereocenters. The second kappa shape index (κ2) is 8.29. The van der Waals surface area contributed by atoms with E-state index in [9.17, 15) is 4.79 Å². The lowest BCUT2D eigenvalue weighted by atomic mass is 10.0. The number of halogens is 2. The van der Waals surface area contributed by atoms with Crippen molar-refractivity contribution in [1.82, 2.24) is 14.5 Å². The summed E-state index contributed by atoms with van der Waals surface area (Å²) in [5.41, 5.74) is 0.811. The van der Waals surface area contributed by atoms with Crippen LogP contribution in [0.1, 0.15) is 6.42 Å². The van der Waals surface area contributed by atoms with Crippen LogP contribution < -0.4 is 20.3 Å². The van der Waals surface area contributed by atoms with Gasteiger partial charge < -0.3 is 19.5 Å². The number of nitrogens with zero attached hydrogens (tertiary/aromatic N) is 3. The van der Waals surface area contributed by atoms with Gasteiger partial charge in [-0.05, 0) is 12.5 Å². The number of aryl methyl sites for hydroxylation is 1. The maximum absolute atomic E-state index is 13.2. The van der Waals surface area contributed by atoms with Crippen LogP contribution in [-0.2, 0) is 11.8 Å². The molecule has 1 aromatic carbocycles. The third kappa shape index (κ3) is 3.55. The predicted octanol–water partition coefficient (Wildman–Crippen LogP) is 3.52. The van der Waals surface area contributed by atoms with Crippen molar-refractivity contribution in [3.63, 3.8) is 0 Å². The van der Waals surface area contributed by atoms with Crippen LogP contribution in [0.2, 0.25) is 10.0 Å². The van der Waals surface area contributed by atoms with Crippen molar-refractivity contribution < 1.29 is 14.2 Å². The van der Waals surface area contributed by atoms with E-state index >= 15 is 0 Å². The van der Waals surface area contributed by atoms with Crippen LogP contribution in [0.3, 0.4) is 0 Å². The maximum Gasteiger partial charge on any atom is 0.259 e. The van der Waals surface area contributed by atoms with E-state index in [2.05, 4.69) is 15.3 Å². The van der Waals surface area contributed by atoms with Gasteiger partial charge in [-0.15, -0.1) is 0 Å². The van der Waals surface area contributed by atoms with Crippen molar-refractivity contribution in [1.29, 1.82) is 0 Å². The summed E-state index contributed by atoms with van der Waals surface area (Å²) in [7, 11) is 4.60. The van der Waals surface area contributed by atoms with Crippen molar-refractivity contribution in [2.24, 2.45) is 7.05 Å². The molecule has 1 aliphatic heterocycles. The fourth-order valence-corrected chi connectivity index (χ4v) is 4.15. The number of benzene rings is 1. The number of rotatable bonds is 5. The summed E-state index contributed by atoms with van der Waals surface area (Å²) < 4.78 is 17.4. The van der Waals surface area contributed by atoms with Crippen molar-refractivity contribution in [2.75, 3.05) is 32.8 Å². The molecule has 1 fully saturated rings. The molecular weight excluding hydrogens is 431 g/mol. The topological polar surface area (TPSA) is 87.5 Å². The molecule has 1 N–H and O–H groups in total. The van der Waals surface area contributed by atoms with Gasteiger partial charge in [-0.3, -0.25) is 9.36 Å². The first-order chi connectivity index (χ1) is 14.4. The summed E-state index contributed by atoms with van der Waals surface area (Å²) >= 11 is 13.0. The average Bonchev–Trinajstić information content (AvgIpc) is 3.25. The van der Waals surface area contributed by atoms with Crippen LogP contribution >= 0.6 is 23.2 Å². The highest BCUT2D eigenvalue weighted by molar-refractivity contribution is 6.41. The summed E-state index contributed by atoms with van der Waals surface area (Å²) in [5.74, 6) is 1.15. The van der Waals surface area contributed by atoms with E-state index in [4.69, 9.17) is 37.4 Å². The van der Waals surface area contributed by atoms with Gasteiger partial charge in [0.25, 0.3) is 5.56 Å². The summed E-state index contributed by atoms with van der Waals surface area (Å²) in [4.78, 5) is 22.1. The lowest BCUT2D eigenvalue weighted by Crippen LogP contribution is -2.23. The van der Waals surface area contributed by atoms with E-state index in [1.807, 2.05) is 0 Å². The number of methoxy groups -OCH3 is 2. The summed E-state index contributed by atoms with van der Waals surface area (Å²) in [6, 6.07) is 3.40. The van der Waals surface area contributed by atoms with Gasteiger partial charge in [-0.2, -0.15) is 4.98 Å². The molecule has 3 aromatic rings. The van der Waals surface area contributed by atoms with Gasteiger partial charge >= 0.3 is 0 Å². The van der Waals surface area contributed by atoms with E-state index in [1.54, 1.807) is 25.4 Å². The van der Waals surface area contributed by atoms with Crippen molar-refractivity contribution >= 4 is 40.2 Å². The Kier molecular flexibility index (Phi) is 5.73. The van der Waals surface area contributed by atoms with Crippen LogP contribution in [0.25, 0.3) is 22.2 Å². The minimum atomic E-state index is -0.310. The SMILES string of the molecule is COc1cc(OC)c(Cl)c(-c2cc3cnc(N[C@@H]4CCOC4)nc3n(C)c2=O)c1Cl. The molecule has 2 aromatic heterocycles. The van der Waals surface area contributed by atoms with Gasteiger partial charge in [-0.1, -0.05) is 23.2 Å². The number of hydrogen-bond acceptors (Lipinski definition) is 7. The van der Waals surface area contributed by atoms with Crippen molar-refractivity contribution in [3.8, 4) is 22.6 Å². The standard InChI is InChI=1S/C20H20Cl2N4O4/c1-26-18-10(8-23-20(25-18)24-11-4-5-30-9-11)6-12(19(26)27)15-16(21)13(28-2)7-14(29-3)17(15)22/h6-8,11H,4-5,9H2,1-3H3,(H,23,24,25)/t11-/m1/s1. The molecule has 3 heterocycles. The largest absolute Gasteiger partial charge is 0.495 e. The van der Waals surface area contributed by atoms with Crippen LogP contribution in [-0.4, -0.2) is 48.0 Å². The maximum atomic E-state index is 13.2. The van der Waals surface area contributed by atoms with E-state index in [-0.39, 0.29) is 21.6 Å². The van der Waals surface area contributed by atoms with Crippen molar-refractivity contribution in [3.05, 3.63) is 38.7 Å². The number of aromatic nitrogens is 3. The first-order valence-corrected chi connectivity index (χ1v) is 10.0. The molecule has 8 nitrogen and oxygen atoms in total. The third-order valence-corrected chi connectivity index (χ3v) is 5.80. The van der Waals surface area contributed by atoms with Crippen LogP contribution in [0.15, 0.2) is 23.1 Å². The molecule has 10 heteroatoms. The lowest BCUT2D eigenvalue weighted by molar-refractivity contribution is 0.195. The van der Waals surface area contributed by atoms with E-state index in [0.29, 0.717) is 52.8 Å². The van der Waals surface area contributed by atoms with E-state index < -0.39 is 0 Å². The molecule has 30 heavy (non-hydrogen) atoms. The predicted molar refractivity (Wildman–Crippen MR) is 116 cm³/mol. The fourth-order valence-electron chi connectivity index (χ4n) is 3.45. The van der Waals surface area contributed by atoms with Crippen LogP contribution in [0, 0.1) is 0 Å². The normalized spacial score (nSPS) is 16.1. The molecule has 0 spiro atoms. The zero-order valence-corrected chi connectivity index (χ0v) is 18.2. The minimum absolute atomic E-state index is 0.153. The number of pyridine rings is 1. The highest BCUT2D eigenvalue weighted by atomic mass is 35.5. The molecular formula is C20H20Cl2N4O4. The second-order valence-electron chi connectivity index (χ2n) is 6.88. The molecule has 4 rings (SSSR count). The Bertz CT molecular complexity index is 1150. The molecule has 0 amide bonds. The third-order valence-electron chi connectivity index (χ3n) is 5.05. The molecule has 158 valence electrons. The van der Waals surface area contributed by atoms with E-state index in [1.165, 1.54) is 18.8 Å². The van der Waals surface area contributed by atoms with Gasteiger partial charge in [-0.25, -0.2) is 4.98 Å². The summed E-state index contributed by atoms with van der Waals surface area (Å²) in [6.45, 7) is 1.31. The van der Waals surface area contributed by atoms with Gasteiger partial charge in [0.2, 0.25) is 5.95 Å². The molecule has 1 saturated heterocycles. The Balaban J connectivity index is 1.87. The Morgan fingerprint density at radius 2 is 1.90 bits per heavy atom. The molecule has 0 unspecified atom stereocenters. The number of ether oxygens (including phenoxy) is 3.